The molecule has 0 spiro atoms. The average molecular weight is 511 g/mol. The lowest BCUT2D eigenvalue weighted by atomic mass is 9.75. The van der Waals surface area contributed by atoms with E-state index in [0.717, 1.165) is 31.2 Å². The Morgan fingerprint density at radius 3 is 2.38 bits per heavy atom. The number of halogens is 2. The minimum atomic E-state index is -0.618. The maximum Gasteiger partial charge on any atom is 0.313 e. The molecule has 1 saturated carbocycles. The van der Waals surface area contributed by atoms with Gasteiger partial charge in [-0.3, -0.25) is 4.79 Å². The van der Waals surface area contributed by atoms with Crippen LogP contribution in [0.3, 0.4) is 0 Å². The smallest absolute Gasteiger partial charge is 0.313 e. The van der Waals surface area contributed by atoms with Crippen molar-refractivity contribution in [1.29, 1.82) is 0 Å². The maximum atomic E-state index is 15.0. The number of nitrogens with one attached hydrogen (secondary N) is 1. The summed E-state index contributed by atoms with van der Waals surface area (Å²) in [6, 6.07) is 10.3. The molecule has 0 amide bonds. The molecule has 198 valence electrons. The third-order valence-corrected chi connectivity index (χ3v) is 7.00. The van der Waals surface area contributed by atoms with Crippen molar-refractivity contribution in [2.75, 3.05) is 0 Å². The molecule has 1 heterocycles. The molecule has 0 atom stereocenters. The molecule has 3 aromatic rings. The van der Waals surface area contributed by atoms with Crippen LogP contribution in [0.1, 0.15) is 65.9 Å². The van der Waals surface area contributed by atoms with Crippen molar-refractivity contribution >= 4 is 5.97 Å². The second kappa shape index (κ2) is 10.7. The molecule has 1 fully saturated rings. The Labute approximate surface area is 217 Å². The molecule has 0 saturated heterocycles. The number of esters is 1. The third kappa shape index (κ3) is 6.80. The van der Waals surface area contributed by atoms with Crippen LogP contribution in [-0.2, 0) is 22.8 Å². The molecule has 0 bridgehead atoms. The summed E-state index contributed by atoms with van der Waals surface area (Å²) in [5.41, 5.74) is 2.21. The van der Waals surface area contributed by atoms with Crippen molar-refractivity contribution in [3.05, 3.63) is 59.8 Å². The number of carbonyl (C=O) groups is 1. The number of hydrogen-bond donors (Lipinski definition) is 1. The summed E-state index contributed by atoms with van der Waals surface area (Å²) in [6.45, 7) is 9.93. The highest BCUT2D eigenvalue weighted by molar-refractivity contribution is 5.75. The predicted molar refractivity (Wildman–Crippen MR) is 139 cm³/mol. The minimum absolute atomic E-state index is 0.0671. The molecule has 1 aliphatic carbocycles. The van der Waals surface area contributed by atoms with Gasteiger partial charge in [-0.2, -0.15) is 5.10 Å². The van der Waals surface area contributed by atoms with E-state index >= 15 is 0 Å². The van der Waals surface area contributed by atoms with E-state index in [2.05, 4.69) is 29.4 Å². The lowest BCUT2D eigenvalue weighted by molar-refractivity contribution is -0.157. The van der Waals surface area contributed by atoms with Gasteiger partial charge in [0.1, 0.15) is 17.3 Å². The molecular formula is C29H36F2N4O2. The van der Waals surface area contributed by atoms with Crippen LogP contribution in [0.2, 0.25) is 0 Å². The second-order valence-corrected chi connectivity index (χ2v) is 11.7. The van der Waals surface area contributed by atoms with Gasteiger partial charge < -0.3 is 10.1 Å². The van der Waals surface area contributed by atoms with E-state index in [1.54, 1.807) is 39.1 Å². The highest BCUT2D eigenvalue weighted by Crippen LogP contribution is 2.35. The van der Waals surface area contributed by atoms with Crippen LogP contribution in [0.25, 0.3) is 22.4 Å². The summed E-state index contributed by atoms with van der Waals surface area (Å²) in [5, 5.41) is 11.9. The largest absolute Gasteiger partial charge is 0.440 e. The Hall–Kier alpha value is -3.13. The first-order valence-corrected chi connectivity index (χ1v) is 12.8. The number of nitrogens with zero attached hydrogens (tertiary/aromatic N) is 3. The van der Waals surface area contributed by atoms with Crippen LogP contribution in [0.5, 0.6) is 0 Å². The van der Waals surface area contributed by atoms with Crippen LogP contribution < -0.4 is 5.32 Å². The number of rotatable bonds is 7. The normalized spacial score (nSPS) is 16.1. The fourth-order valence-corrected chi connectivity index (χ4v) is 4.47. The van der Waals surface area contributed by atoms with Crippen molar-refractivity contribution in [2.45, 2.75) is 79.6 Å². The Kier molecular flexibility index (Phi) is 7.78. The van der Waals surface area contributed by atoms with Gasteiger partial charge >= 0.3 is 5.97 Å². The first-order valence-electron chi connectivity index (χ1n) is 12.8. The van der Waals surface area contributed by atoms with Gasteiger partial charge in [0.25, 0.3) is 0 Å². The summed E-state index contributed by atoms with van der Waals surface area (Å²) in [4.78, 5) is 13.3. The van der Waals surface area contributed by atoms with Crippen molar-refractivity contribution < 1.29 is 18.3 Å². The quantitative estimate of drug-likeness (QED) is 0.368. The molecule has 8 heteroatoms. The van der Waals surface area contributed by atoms with E-state index in [0.29, 0.717) is 22.2 Å². The molecule has 1 N–H and O–H groups in total. The van der Waals surface area contributed by atoms with Gasteiger partial charge in [0.2, 0.25) is 6.73 Å². The van der Waals surface area contributed by atoms with Crippen LogP contribution in [-0.4, -0.2) is 27.0 Å². The van der Waals surface area contributed by atoms with Crippen molar-refractivity contribution in [3.63, 3.8) is 0 Å². The van der Waals surface area contributed by atoms with E-state index in [1.165, 1.54) is 16.9 Å². The van der Waals surface area contributed by atoms with Gasteiger partial charge in [0.05, 0.1) is 11.6 Å². The van der Waals surface area contributed by atoms with Crippen LogP contribution >= 0.6 is 0 Å². The molecule has 2 aromatic carbocycles. The van der Waals surface area contributed by atoms with Crippen LogP contribution in [0, 0.1) is 22.5 Å². The van der Waals surface area contributed by atoms with Gasteiger partial charge in [-0.05, 0) is 81.2 Å². The second-order valence-electron chi connectivity index (χ2n) is 11.7. The fourth-order valence-electron chi connectivity index (χ4n) is 4.47. The van der Waals surface area contributed by atoms with Gasteiger partial charge in [-0.1, -0.05) is 32.0 Å². The lowest BCUT2D eigenvalue weighted by Crippen LogP contribution is -2.35. The fraction of sp³-hybridized carbons (Fsp3) is 0.483. The number of carbonyl (C=O) groups excluding carboxylic acids is 1. The van der Waals surface area contributed by atoms with Gasteiger partial charge in [0, 0.05) is 23.7 Å². The van der Waals surface area contributed by atoms with Gasteiger partial charge in [-0.15, -0.1) is 9.90 Å². The first kappa shape index (κ1) is 26.9. The van der Waals surface area contributed by atoms with E-state index in [-0.39, 0.29) is 30.9 Å². The monoisotopic (exact) mass is 510 g/mol. The molecule has 1 aliphatic rings. The summed E-state index contributed by atoms with van der Waals surface area (Å²) < 4.78 is 35.2. The predicted octanol–water partition coefficient (Wildman–Crippen LogP) is 6.50. The molecule has 6 nitrogen and oxygen atoms in total. The summed E-state index contributed by atoms with van der Waals surface area (Å²) in [7, 11) is 0. The maximum absolute atomic E-state index is 15.0. The molecule has 0 unspecified atom stereocenters. The topological polar surface area (TPSA) is 69.0 Å². The Balaban J connectivity index is 1.44. The Morgan fingerprint density at radius 2 is 1.73 bits per heavy atom. The zero-order valence-corrected chi connectivity index (χ0v) is 22.3. The summed E-state index contributed by atoms with van der Waals surface area (Å²) in [6.07, 6.45) is 5.82. The van der Waals surface area contributed by atoms with Crippen molar-refractivity contribution in [1.82, 2.24) is 20.3 Å². The Morgan fingerprint density at radius 1 is 1.08 bits per heavy atom. The van der Waals surface area contributed by atoms with Crippen molar-refractivity contribution in [2.24, 2.45) is 10.8 Å². The lowest BCUT2D eigenvalue weighted by Gasteiger charge is -2.34. The number of ether oxygens (including phenoxy) is 1. The standard InChI is InChI=1S/C29H36F2N4O2/c1-28(2,3)27(36)37-18-35-33-17-26(34-35)20-8-6-7-19(13-20)21-14-24(30)23(25(31)15-21)16-32-22-9-11-29(4,5)12-10-22/h6-8,13-15,17,22,32H,9-12,16,18H2,1-5H3. The van der Waals surface area contributed by atoms with Crippen molar-refractivity contribution in [3.8, 4) is 22.4 Å². The third-order valence-electron chi connectivity index (χ3n) is 7.00. The SMILES string of the molecule is CC1(C)CCC(NCc2c(F)cc(-c3cccc(-c4cnn(COC(=O)C(C)(C)C)n4)c3)cc2F)CC1. The molecule has 4 rings (SSSR count). The molecule has 0 aliphatic heterocycles. The molecule has 37 heavy (non-hydrogen) atoms. The minimum Gasteiger partial charge on any atom is -0.440 e. The highest BCUT2D eigenvalue weighted by atomic mass is 19.1. The zero-order chi connectivity index (χ0) is 26.8. The zero-order valence-electron chi connectivity index (χ0n) is 22.3. The Bertz CT molecular complexity index is 1230. The van der Waals surface area contributed by atoms with Gasteiger partial charge in [-0.25, -0.2) is 8.78 Å². The van der Waals surface area contributed by atoms with E-state index < -0.39 is 17.0 Å². The van der Waals surface area contributed by atoms with Crippen LogP contribution in [0.4, 0.5) is 8.78 Å². The van der Waals surface area contributed by atoms with E-state index in [1.807, 2.05) is 12.1 Å². The molecular weight excluding hydrogens is 474 g/mol. The number of benzene rings is 2. The first-order chi connectivity index (χ1) is 17.4. The van der Waals surface area contributed by atoms with Crippen LogP contribution in [0.15, 0.2) is 42.6 Å². The number of hydrogen-bond acceptors (Lipinski definition) is 5. The summed E-state index contributed by atoms with van der Waals surface area (Å²) in [5.74, 6) is -1.47. The summed E-state index contributed by atoms with van der Waals surface area (Å²) >= 11 is 0. The van der Waals surface area contributed by atoms with Gasteiger partial charge in [0.15, 0.2) is 0 Å². The molecule has 1 aromatic heterocycles. The van der Waals surface area contributed by atoms with E-state index in [9.17, 15) is 13.6 Å². The molecule has 0 radical (unpaired) electrons. The average Bonchev–Trinajstić information content (AvgIpc) is 3.31. The number of aromatic nitrogens is 3. The highest BCUT2D eigenvalue weighted by Gasteiger charge is 2.27. The van der Waals surface area contributed by atoms with E-state index in [4.69, 9.17) is 4.74 Å².